The van der Waals surface area contributed by atoms with Crippen molar-refractivity contribution in [1.82, 2.24) is 0 Å². The number of epoxide rings is 1. The third-order valence-electron chi connectivity index (χ3n) is 3.83. The van der Waals surface area contributed by atoms with Gasteiger partial charge < -0.3 is 9.62 Å². The average Bonchev–Trinajstić information content (AvgIpc) is 3.32. The topological polar surface area (TPSA) is 31.0 Å². The van der Waals surface area contributed by atoms with E-state index < -0.39 is 0 Å². The fourth-order valence-electron chi connectivity index (χ4n) is 2.40. The van der Waals surface area contributed by atoms with Gasteiger partial charge in [-0.2, -0.15) is 4.89 Å². The van der Waals surface area contributed by atoms with Crippen molar-refractivity contribution in [2.75, 3.05) is 13.2 Å². The largest absolute Gasteiger partial charge is 0.370 e. The van der Waals surface area contributed by atoms with Crippen molar-refractivity contribution in [3.8, 4) is 5.75 Å². The summed E-state index contributed by atoms with van der Waals surface area (Å²) in [6, 6.07) is 8.15. The van der Waals surface area contributed by atoms with Gasteiger partial charge in [-0.15, -0.1) is 0 Å². The molecule has 0 aromatic heterocycles. The van der Waals surface area contributed by atoms with Crippen molar-refractivity contribution in [3.05, 3.63) is 29.8 Å². The highest BCUT2D eigenvalue weighted by Crippen LogP contribution is 2.21. The summed E-state index contributed by atoms with van der Waals surface area (Å²) < 4.78 is 5.09. The highest BCUT2D eigenvalue weighted by Gasteiger charge is 2.23. The van der Waals surface area contributed by atoms with Crippen molar-refractivity contribution in [3.63, 3.8) is 0 Å². The Hall–Kier alpha value is -1.06. The Morgan fingerprint density at radius 2 is 1.76 bits per heavy atom. The van der Waals surface area contributed by atoms with Crippen LogP contribution in [-0.4, -0.2) is 19.3 Å². The van der Waals surface area contributed by atoms with Crippen LogP contribution in [0.25, 0.3) is 0 Å². The van der Waals surface area contributed by atoms with E-state index in [2.05, 4.69) is 19.1 Å². The molecule has 1 aliphatic heterocycles. The normalized spacial score (nSPS) is 16.9. The summed E-state index contributed by atoms with van der Waals surface area (Å²) in [5.41, 5.74) is 1.24. The second kappa shape index (κ2) is 9.80. The van der Waals surface area contributed by atoms with Crippen LogP contribution >= 0.6 is 0 Å². The lowest BCUT2D eigenvalue weighted by Crippen LogP contribution is -2.06. The van der Waals surface area contributed by atoms with Crippen molar-refractivity contribution in [2.45, 2.75) is 64.4 Å². The first-order valence-corrected chi connectivity index (χ1v) is 8.39. The molecule has 1 atom stereocenters. The molecular formula is C18H28O3. The van der Waals surface area contributed by atoms with Gasteiger partial charge in [-0.05, 0) is 24.5 Å². The molecular weight excluding hydrogens is 264 g/mol. The number of ether oxygens (including phenoxy) is 1. The molecule has 0 aliphatic carbocycles. The summed E-state index contributed by atoms with van der Waals surface area (Å²) >= 11 is 0. The minimum Gasteiger partial charge on any atom is -0.370 e. The molecule has 1 heterocycles. The summed E-state index contributed by atoms with van der Waals surface area (Å²) in [6.45, 7) is 3.57. The highest BCUT2D eigenvalue weighted by atomic mass is 17.2. The van der Waals surface area contributed by atoms with Crippen LogP contribution in [-0.2, 0) is 16.0 Å². The monoisotopic (exact) mass is 292 g/mol. The number of hydrogen-bond acceptors (Lipinski definition) is 3. The molecule has 0 spiro atoms. The zero-order valence-corrected chi connectivity index (χ0v) is 13.2. The molecule has 0 amide bonds. The van der Waals surface area contributed by atoms with Gasteiger partial charge in [-0.3, -0.25) is 0 Å². The Morgan fingerprint density at radius 3 is 2.52 bits per heavy atom. The van der Waals surface area contributed by atoms with Crippen LogP contribution < -0.4 is 4.89 Å². The summed E-state index contributed by atoms with van der Waals surface area (Å²) in [7, 11) is 0. The standard InChI is InChI=1S/C18H28O3/c1-2-3-4-5-6-7-8-11-16-12-9-10-13-18(16)21-20-15-17-14-19-17/h9-10,12-13,17H,2-8,11,14-15H2,1H3. The van der Waals surface area contributed by atoms with E-state index in [1.807, 2.05) is 12.1 Å². The summed E-state index contributed by atoms with van der Waals surface area (Å²) in [4.78, 5) is 10.6. The first-order valence-electron chi connectivity index (χ1n) is 8.39. The van der Waals surface area contributed by atoms with Crippen molar-refractivity contribution in [2.24, 2.45) is 0 Å². The van der Waals surface area contributed by atoms with Gasteiger partial charge in [-0.1, -0.05) is 63.6 Å². The molecule has 0 N–H and O–H groups in total. The molecule has 3 nitrogen and oxygen atoms in total. The van der Waals surface area contributed by atoms with Crippen LogP contribution in [0.1, 0.15) is 57.4 Å². The average molecular weight is 292 g/mol. The second-order valence-electron chi connectivity index (χ2n) is 5.80. The first kappa shape index (κ1) is 16.3. The maximum Gasteiger partial charge on any atom is 0.168 e. The van der Waals surface area contributed by atoms with Crippen LogP contribution in [0.4, 0.5) is 0 Å². The number of aryl methyl sites for hydroxylation is 1. The van der Waals surface area contributed by atoms with Gasteiger partial charge in [0.2, 0.25) is 0 Å². The molecule has 1 unspecified atom stereocenters. The van der Waals surface area contributed by atoms with E-state index in [1.165, 1.54) is 50.5 Å². The number of para-hydroxylation sites is 1. The van der Waals surface area contributed by atoms with E-state index in [1.54, 1.807) is 0 Å². The SMILES string of the molecule is CCCCCCCCCc1ccccc1OOCC1CO1. The van der Waals surface area contributed by atoms with Crippen LogP contribution in [0.3, 0.4) is 0 Å². The molecule has 1 aromatic rings. The van der Waals surface area contributed by atoms with Gasteiger partial charge in [-0.25, -0.2) is 0 Å². The third kappa shape index (κ3) is 6.96. The Labute approximate surface area is 128 Å². The molecule has 21 heavy (non-hydrogen) atoms. The predicted octanol–water partition coefficient (Wildman–Crippen LogP) is 4.69. The Morgan fingerprint density at radius 1 is 1.05 bits per heavy atom. The molecule has 1 aliphatic rings. The van der Waals surface area contributed by atoms with E-state index in [4.69, 9.17) is 14.5 Å². The van der Waals surface area contributed by atoms with E-state index in [9.17, 15) is 0 Å². The van der Waals surface area contributed by atoms with Crippen LogP contribution in [0.2, 0.25) is 0 Å². The number of benzene rings is 1. The lowest BCUT2D eigenvalue weighted by Gasteiger charge is -2.09. The van der Waals surface area contributed by atoms with Crippen molar-refractivity contribution in [1.29, 1.82) is 0 Å². The minimum absolute atomic E-state index is 0.236. The smallest absolute Gasteiger partial charge is 0.168 e. The molecule has 1 fully saturated rings. The second-order valence-corrected chi connectivity index (χ2v) is 5.80. The van der Waals surface area contributed by atoms with Crippen LogP contribution in [0.15, 0.2) is 24.3 Å². The fraction of sp³-hybridized carbons (Fsp3) is 0.667. The fourth-order valence-corrected chi connectivity index (χ4v) is 2.40. The molecule has 0 bridgehead atoms. The maximum absolute atomic E-state index is 5.42. The Balaban J connectivity index is 1.61. The van der Waals surface area contributed by atoms with Crippen molar-refractivity contribution >= 4 is 0 Å². The molecule has 0 radical (unpaired) electrons. The van der Waals surface area contributed by atoms with Gasteiger partial charge in [0, 0.05) is 0 Å². The van der Waals surface area contributed by atoms with Gasteiger partial charge in [0.15, 0.2) is 5.75 Å². The Kier molecular flexibility index (Phi) is 7.61. The number of unbranched alkanes of at least 4 members (excludes halogenated alkanes) is 6. The molecule has 2 rings (SSSR count). The molecule has 0 saturated carbocycles. The molecule has 3 heteroatoms. The maximum atomic E-state index is 5.42. The Bertz CT molecular complexity index is 388. The van der Waals surface area contributed by atoms with Gasteiger partial charge in [0.1, 0.15) is 12.7 Å². The lowest BCUT2D eigenvalue weighted by molar-refractivity contribution is -0.209. The third-order valence-corrected chi connectivity index (χ3v) is 3.83. The van der Waals surface area contributed by atoms with E-state index >= 15 is 0 Å². The van der Waals surface area contributed by atoms with Crippen LogP contribution in [0, 0.1) is 0 Å². The number of rotatable bonds is 12. The van der Waals surface area contributed by atoms with Gasteiger partial charge >= 0.3 is 0 Å². The number of hydrogen-bond donors (Lipinski definition) is 0. The summed E-state index contributed by atoms with van der Waals surface area (Å²) in [6.07, 6.45) is 10.6. The zero-order valence-electron chi connectivity index (χ0n) is 13.2. The summed E-state index contributed by atoms with van der Waals surface area (Å²) in [5.74, 6) is 0.851. The minimum atomic E-state index is 0.236. The first-order chi connectivity index (χ1) is 10.4. The van der Waals surface area contributed by atoms with E-state index in [0.29, 0.717) is 6.61 Å². The predicted molar refractivity (Wildman–Crippen MR) is 84.5 cm³/mol. The van der Waals surface area contributed by atoms with Gasteiger partial charge in [0.05, 0.1) is 6.61 Å². The molecule has 118 valence electrons. The van der Waals surface area contributed by atoms with E-state index in [0.717, 1.165) is 18.8 Å². The highest BCUT2D eigenvalue weighted by molar-refractivity contribution is 5.32. The summed E-state index contributed by atoms with van der Waals surface area (Å²) in [5, 5.41) is 0. The molecule has 1 saturated heterocycles. The quantitative estimate of drug-likeness (QED) is 0.242. The lowest BCUT2D eigenvalue weighted by atomic mass is 10.0. The van der Waals surface area contributed by atoms with Crippen molar-refractivity contribution < 1.29 is 14.5 Å². The zero-order chi connectivity index (χ0) is 14.8. The molecule has 1 aromatic carbocycles. The van der Waals surface area contributed by atoms with Gasteiger partial charge in [0.25, 0.3) is 0 Å². The van der Waals surface area contributed by atoms with Crippen LogP contribution in [0.5, 0.6) is 5.75 Å². The van der Waals surface area contributed by atoms with E-state index in [-0.39, 0.29) is 6.10 Å².